The number of fused-ring (bicyclic) bond motifs is 5. The van der Waals surface area contributed by atoms with Crippen LogP contribution in [0, 0.1) is 0 Å². The van der Waals surface area contributed by atoms with E-state index < -0.39 is 23.3 Å². The highest BCUT2D eigenvalue weighted by molar-refractivity contribution is 8.77. The van der Waals surface area contributed by atoms with Crippen molar-refractivity contribution in [2.75, 3.05) is 24.2 Å². The van der Waals surface area contributed by atoms with E-state index in [-0.39, 0.29) is 51.7 Å². The van der Waals surface area contributed by atoms with E-state index in [4.69, 9.17) is 30.8 Å². The van der Waals surface area contributed by atoms with Crippen LogP contribution in [0.5, 0.6) is 11.8 Å². The molecule has 0 unspecified atom stereocenters. The van der Waals surface area contributed by atoms with Crippen LogP contribution in [-0.4, -0.2) is 70.9 Å². The molecule has 53 heavy (non-hydrogen) atoms. The summed E-state index contributed by atoms with van der Waals surface area (Å²) in [5.74, 6) is 0.680. The number of ether oxygens (including phenoxy) is 3. The smallest absolute Gasteiger partial charge is 0.407 e. The number of rotatable bonds is 12. The second kappa shape index (κ2) is 15.0. The highest BCUT2D eigenvalue weighted by Crippen LogP contribution is 2.41. The van der Waals surface area contributed by atoms with Gasteiger partial charge in [0, 0.05) is 40.1 Å². The zero-order valence-corrected chi connectivity index (χ0v) is 33.0. The average molecular weight is 784 g/mol. The summed E-state index contributed by atoms with van der Waals surface area (Å²) in [5, 5.41) is 18.0. The first-order valence-corrected chi connectivity index (χ1v) is 19.9. The third-order valence-electron chi connectivity index (χ3n) is 8.74. The lowest BCUT2D eigenvalue weighted by molar-refractivity contribution is -0.172. The lowest BCUT2D eigenvalue weighted by Crippen LogP contribution is -2.44. The van der Waals surface area contributed by atoms with E-state index in [1.54, 1.807) is 45.2 Å². The van der Waals surface area contributed by atoms with Gasteiger partial charge in [0.05, 0.1) is 29.0 Å². The molecule has 3 N–H and O–H groups in total. The van der Waals surface area contributed by atoms with Crippen molar-refractivity contribution in [2.24, 2.45) is 0 Å². The number of esters is 1. The molecule has 1 aromatic carbocycles. The second-order valence-electron chi connectivity index (χ2n) is 14.3. The van der Waals surface area contributed by atoms with Crippen LogP contribution in [0.4, 0.5) is 10.7 Å². The molecule has 1 atom stereocenters. The minimum absolute atomic E-state index is 0.0140. The summed E-state index contributed by atoms with van der Waals surface area (Å²) in [6.45, 7) is 14.4. The molecule has 0 saturated carbocycles. The third-order valence-corrected chi connectivity index (χ3v) is 12.2. The number of amides is 1. The quantitative estimate of drug-likeness (QED) is 0.0722. The summed E-state index contributed by atoms with van der Waals surface area (Å²) in [5.41, 5.74) is 1.55. The summed E-state index contributed by atoms with van der Waals surface area (Å²) < 4.78 is 18.0. The van der Waals surface area contributed by atoms with Crippen molar-refractivity contribution in [3.8, 4) is 23.1 Å². The Hall–Kier alpha value is -4.12. The lowest BCUT2D eigenvalue weighted by atomic mass is 9.86. The number of anilines is 1. The molecule has 0 radical (unpaired) electrons. The van der Waals surface area contributed by atoms with Crippen molar-refractivity contribution in [1.82, 2.24) is 29.8 Å². The van der Waals surface area contributed by atoms with Gasteiger partial charge in [-0.05, 0) is 88.9 Å². The maximum absolute atomic E-state index is 13.7. The van der Waals surface area contributed by atoms with Crippen molar-refractivity contribution in [2.45, 2.75) is 90.4 Å². The Bertz CT molecular complexity index is 2160. The topological polar surface area (TPSA) is 180 Å². The number of carbonyl (C=O) groups excluding carboxylic acids is 2. The van der Waals surface area contributed by atoms with Crippen LogP contribution in [0.15, 0.2) is 29.1 Å². The number of halogens is 1. The Labute approximate surface area is 319 Å². The second-order valence-corrected chi connectivity index (χ2v) is 17.8. The largest absolute Gasteiger partial charge is 0.458 e. The lowest BCUT2D eigenvalue weighted by Gasteiger charge is -2.31. The van der Waals surface area contributed by atoms with E-state index in [1.807, 2.05) is 53.7 Å². The number of aliphatic hydroxyl groups is 1. The Morgan fingerprint density at radius 1 is 1.09 bits per heavy atom. The van der Waals surface area contributed by atoms with Gasteiger partial charge in [-0.25, -0.2) is 14.6 Å². The van der Waals surface area contributed by atoms with Gasteiger partial charge < -0.3 is 34.5 Å². The Kier molecular flexibility index (Phi) is 10.9. The minimum atomic E-state index is -1.90. The van der Waals surface area contributed by atoms with Gasteiger partial charge in [0.15, 0.2) is 5.60 Å². The zero-order chi connectivity index (χ0) is 38.3. The number of carbonyl (C=O) groups is 2. The fourth-order valence-corrected chi connectivity index (χ4v) is 8.71. The van der Waals surface area contributed by atoms with Crippen molar-refractivity contribution in [3.63, 3.8) is 0 Å². The zero-order valence-electron chi connectivity index (χ0n) is 30.6. The molecule has 6 rings (SSSR count). The van der Waals surface area contributed by atoms with Crippen molar-refractivity contribution < 1.29 is 28.9 Å². The Morgan fingerprint density at radius 3 is 2.58 bits per heavy atom. The van der Waals surface area contributed by atoms with E-state index in [0.717, 1.165) is 16.5 Å². The number of benzene rings is 1. The number of hydrogen-bond acceptors (Lipinski definition) is 14. The van der Waals surface area contributed by atoms with Crippen LogP contribution >= 0.6 is 33.2 Å². The van der Waals surface area contributed by atoms with Gasteiger partial charge in [0.1, 0.15) is 18.0 Å². The molecule has 2 aliphatic heterocycles. The predicted molar refractivity (Wildman–Crippen MR) is 206 cm³/mol. The summed E-state index contributed by atoms with van der Waals surface area (Å²) in [7, 11) is 3.29. The van der Waals surface area contributed by atoms with Gasteiger partial charge in [-0.1, -0.05) is 35.4 Å². The van der Waals surface area contributed by atoms with E-state index in [0.29, 0.717) is 54.5 Å². The standard InChI is InChI=1S/C36H42ClN7O7S2/c1-8-20-21-14-19(50-32-42-30(37)41-31(43-32)38-12-13-52-53-35(6,7)18-39-33(47)51-34(3,4)5)10-11-25(21)40-27-22(20)16-44-26(27)15-24-23(28(44)45)17-49-29(46)36(24,48)9-2/h10-11,14-15,48H,8-9,12-13,16-18H2,1-7H3,(H,39,47)(H,38,41,42,43)/t36-/m0/s1. The normalized spacial score (nSPS) is 16.4. The Balaban J connectivity index is 1.14. The number of cyclic esters (lactones) is 1. The first kappa shape index (κ1) is 38.6. The molecule has 5 heterocycles. The molecule has 0 aliphatic carbocycles. The molecular weight excluding hydrogens is 742 g/mol. The monoisotopic (exact) mass is 783 g/mol. The fraction of sp³-hybridized carbons (Fsp3) is 0.472. The minimum Gasteiger partial charge on any atom is -0.458 e. The molecule has 0 spiro atoms. The maximum Gasteiger partial charge on any atom is 0.407 e. The number of pyridine rings is 2. The molecule has 0 bridgehead atoms. The molecule has 4 aromatic rings. The summed E-state index contributed by atoms with van der Waals surface area (Å²) >= 11 is 6.25. The number of hydrogen-bond donors (Lipinski definition) is 3. The molecule has 1 amide bonds. The van der Waals surface area contributed by atoms with E-state index in [2.05, 4.69) is 25.6 Å². The number of alkyl carbamates (subject to hydrolysis) is 1. The molecule has 282 valence electrons. The van der Waals surface area contributed by atoms with Crippen molar-refractivity contribution >= 4 is 62.1 Å². The van der Waals surface area contributed by atoms with E-state index in [9.17, 15) is 19.5 Å². The highest BCUT2D eigenvalue weighted by Gasteiger charge is 2.45. The summed E-state index contributed by atoms with van der Waals surface area (Å²) in [4.78, 5) is 55.9. The van der Waals surface area contributed by atoms with Crippen LogP contribution < -0.4 is 20.9 Å². The number of nitrogens with one attached hydrogen (secondary N) is 2. The summed E-state index contributed by atoms with van der Waals surface area (Å²) in [6.07, 6.45) is 0.275. The van der Waals surface area contributed by atoms with E-state index >= 15 is 0 Å². The SMILES string of the molecule is CCc1c2c(nc3ccc(Oc4nc(Cl)nc(NCCSSC(C)(C)CNC(=O)OC(C)(C)C)n4)cc13)-c1cc3c(c(=O)n1C2)COC(=O)[C@]3(O)CC. The average Bonchev–Trinajstić information content (AvgIpc) is 3.45. The molecule has 14 nitrogen and oxygen atoms in total. The molecule has 17 heteroatoms. The van der Waals surface area contributed by atoms with Crippen LogP contribution in [0.1, 0.15) is 77.1 Å². The molecule has 2 aliphatic rings. The van der Waals surface area contributed by atoms with Gasteiger partial charge in [-0.3, -0.25) is 4.79 Å². The van der Waals surface area contributed by atoms with Crippen LogP contribution in [0.3, 0.4) is 0 Å². The molecule has 3 aromatic heterocycles. The van der Waals surface area contributed by atoms with Crippen LogP contribution in [0.25, 0.3) is 22.3 Å². The third kappa shape index (κ3) is 8.20. The highest BCUT2D eigenvalue weighted by atomic mass is 35.5. The van der Waals surface area contributed by atoms with Gasteiger partial charge in [-0.2, -0.15) is 15.0 Å². The molecular formula is C36H42ClN7O7S2. The van der Waals surface area contributed by atoms with Crippen LogP contribution in [-0.2, 0) is 39.4 Å². The van der Waals surface area contributed by atoms with Crippen molar-refractivity contribution in [1.29, 1.82) is 0 Å². The van der Waals surface area contributed by atoms with Crippen LogP contribution in [0.2, 0.25) is 5.28 Å². The van der Waals surface area contributed by atoms with Gasteiger partial charge >= 0.3 is 18.1 Å². The predicted octanol–water partition coefficient (Wildman–Crippen LogP) is 6.37. The number of aromatic nitrogens is 5. The first-order chi connectivity index (χ1) is 25.0. The van der Waals surface area contributed by atoms with Crippen molar-refractivity contribution in [3.05, 3.63) is 62.2 Å². The maximum atomic E-state index is 13.7. The molecule has 0 saturated heterocycles. The first-order valence-electron chi connectivity index (χ1n) is 17.3. The fourth-order valence-electron chi connectivity index (χ4n) is 6.20. The summed E-state index contributed by atoms with van der Waals surface area (Å²) in [6, 6.07) is 7.16. The Morgan fingerprint density at radius 2 is 1.87 bits per heavy atom. The van der Waals surface area contributed by atoms with Gasteiger partial charge in [-0.15, -0.1) is 0 Å². The van der Waals surface area contributed by atoms with Gasteiger partial charge in [0.2, 0.25) is 11.2 Å². The number of nitrogens with zero attached hydrogens (tertiary/aromatic N) is 5. The molecule has 0 fully saturated rings. The van der Waals surface area contributed by atoms with Gasteiger partial charge in [0.25, 0.3) is 5.56 Å². The number of aryl methyl sites for hydroxylation is 1. The van der Waals surface area contributed by atoms with E-state index in [1.165, 1.54) is 0 Å².